The summed E-state index contributed by atoms with van der Waals surface area (Å²) >= 11 is 0. The van der Waals surface area contributed by atoms with E-state index in [1.54, 1.807) is 11.8 Å². The minimum atomic E-state index is -0.131. The van der Waals surface area contributed by atoms with Crippen molar-refractivity contribution in [3.63, 3.8) is 0 Å². The largest absolute Gasteiger partial charge is 0.342 e. The Morgan fingerprint density at radius 1 is 1.23 bits per heavy atom. The van der Waals surface area contributed by atoms with Crippen molar-refractivity contribution in [3.05, 3.63) is 69.3 Å². The quantitative estimate of drug-likeness (QED) is 0.701. The van der Waals surface area contributed by atoms with Gasteiger partial charge in [0.25, 0.3) is 11.5 Å². The number of carbonyl (C=O) groups excluding carboxylic acids is 2. The molecule has 0 radical (unpaired) electrons. The highest BCUT2D eigenvalue weighted by Crippen LogP contribution is 2.27. The van der Waals surface area contributed by atoms with Crippen LogP contribution in [0.3, 0.4) is 0 Å². The third-order valence-electron chi connectivity index (χ3n) is 6.30. The molecule has 1 atom stereocenters. The van der Waals surface area contributed by atoms with Crippen molar-refractivity contribution < 1.29 is 9.59 Å². The number of aromatic nitrogens is 3. The first-order valence-electron chi connectivity index (χ1n) is 10.7. The number of rotatable bonds is 4. The van der Waals surface area contributed by atoms with E-state index >= 15 is 0 Å². The first kappa shape index (κ1) is 19.5. The predicted octanol–water partition coefficient (Wildman–Crippen LogP) is 2.08. The molecule has 160 valence electrons. The maximum atomic E-state index is 12.9. The summed E-state index contributed by atoms with van der Waals surface area (Å²) < 4.78 is 1.46. The van der Waals surface area contributed by atoms with Gasteiger partial charge < -0.3 is 9.80 Å². The second-order valence-electron chi connectivity index (χ2n) is 8.45. The van der Waals surface area contributed by atoms with E-state index in [9.17, 15) is 14.4 Å². The molecule has 4 heterocycles. The third kappa shape index (κ3) is 3.62. The molecule has 0 unspecified atom stereocenters. The fourth-order valence-corrected chi connectivity index (χ4v) is 4.68. The van der Waals surface area contributed by atoms with Crippen LogP contribution >= 0.6 is 0 Å². The molecule has 2 aromatic heterocycles. The van der Waals surface area contributed by atoms with Crippen molar-refractivity contribution in [2.24, 2.45) is 0 Å². The number of likely N-dealkylation sites (tertiary alicyclic amines) is 1. The third-order valence-corrected chi connectivity index (χ3v) is 6.30. The van der Waals surface area contributed by atoms with Gasteiger partial charge in [-0.25, -0.2) is 9.50 Å². The second-order valence-corrected chi connectivity index (χ2v) is 8.45. The van der Waals surface area contributed by atoms with Gasteiger partial charge in [0.1, 0.15) is 0 Å². The number of benzene rings is 1. The highest BCUT2D eigenvalue weighted by molar-refractivity contribution is 5.98. The molecule has 8 heteroatoms. The number of aromatic amines is 1. The van der Waals surface area contributed by atoms with Crippen molar-refractivity contribution in [3.8, 4) is 0 Å². The molecule has 1 fully saturated rings. The molecule has 8 nitrogen and oxygen atoms in total. The summed E-state index contributed by atoms with van der Waals surface area (Å²) in [6, 6.07) is 11.0. The normalized spacial score (nSPS) is 18.6. The van der Waals surface area contributed by atoms with Crippen molar-refractivity contribution in [1.82, 2.24) is 24.4 Å². The number of piperidine rings is 1. The first-order chi connectivity index (χ1) is 15.0. The van der Waals surface area contributed by atoms with E-state index in [1.807, 2.05) is 35.2 Å². The molecule has 1 aromatic carbocycles. The lowest BCUT2D eigenvalue weighted by Crippen LogP contribution is -2.40. The fraction of sp³-hybridized carbons (Fsp3) is 0.391. The number of nitrogens with zero attached hydrogens (tertiary/aromatic N) is 4. The fourth-order valence-electron chi connectivity index (χ4n) is 4.68. The van der Waals surface area contributed by atoms with Crippen LogP contribution in [0.15, 0.2) is 41.2 Å². The van der Waals surface area contributed by atoms with Crippen molar-refractivity contribution in [1.29, 1.82) is 0 Å². The van der Waals surface area contributed by atoms with E-state index < -0.39 is 0 Å². The minimum Gasteiger partial charge on any atom is -0.342 e. The van der Waals surface area contributed by atoms with E-state index in [4.69, 9.17) is 0 Å². The van der Waals surface area contributed by atoms with Crippen LogP contribution in [0, 0.1) is 6.92 Å². The summed E-state index contributed by atoms with van der Waals surface area (Å²) in [6.07, 6.45) is 2.17. The molecule has 2 amide bonds. The number of aryl methyl sites for hydroxylation is 1. The lowest BCUT2D eigenvalue weighted by Gasteiger charge is -2.32. The smallest absolute Gasteiger partial charge is 0.272 e. The molecule has 1 saturated heterocycles. The van der Waals surface area contributed by atoms with E-state index in [0.29, 0.717) is 37.4 Å². The van der Waals surface area contributed by atoms with Gasteiger partial charge in [-0.1, -0.05) is 18.2 Å². The highest BCUT2D eigenvalue weighted by Gasteiger charge is 2.29. The molecular formula is C23H25N5O3. The van der Waals surface area contributed by atoms with Gasteiger partial charge in [0.15, 0.2) is 5.65 Å². The number of hydrogen-bond donors (Lipinski definition) is 1. The van der Waals surface area contributed by atoms with E-state index in [-0.39, 0.29) is 23.3 Å². The number of amides is 2. The van der Waals surface area contributed by atoms with Crippen molar-refractivity contribution in [2.45, 2.75) is 38.6 Å². The van der Waals surface area contributed by atoms with Gasteiger partial charge in [0, 0.05) is 67.6 Å². The van der Waals surface area contributed by atoms with Gasteiger partial charge in [-0.15, -0.1) is 0 Å². The topological polar surface area (TPSA) is 90.8 Å². The van der Waals surface area contributed by atoms with Crippen LogP contribution in [0.4, 0.5) is 0 Å². The predicted molar refractivity (Wildman–Crippen MR) is 115 cm³/mol. The van der Waals surface area contributed by atoms with Crippen LogP contribution in [0.2, 0.25) is 0 Å². The van der Waals surface area contributed by atoms with Gasteiger partial charge in [0.05, 0.1) is 0 Å². The molecular weight excluding hydrogens is 394 g/mol. The molecule has 31 heavy (non-hydrogen) atoms. The molecule has 3 aromatic rings. The SMILES string of the molecule is Cc1cc(=O)n2[nH]c([C@@H]3CCCN(C(=O)CCN4Cc5ccccc5C4=O)C3)cc2n1. The highest BCUT2D eigenvalue weighted by atomic mass is 16.2. The molecule has 5 rings (SSSR count). The Morgan fingerprint density at radius 3 is 2.90 bits per heavy atom. The number of nitrogens with one attached hydrogen (secondary N) is 1. The number of carbonyl (C=O) groups is 2. The maximum absolute atomic E-state index is 12.9. The molecule has 0 aliphatic carbocycles. The summed E-state index contributed by atoms with van der Waals surface area (Å²) in [6.45, 7) is 4.13. The first-order valence-corrected chi connectivity index (χ1v) is 10.7. The maximum Gasteiger partial charge on any atom is 0.272 e. The molecule has 2 aliphatic heterocycles. The number of fused-ring (bicyclic) bond motifs is 2. The van der Waals surface area contributed by atoms with E-state index in [1.165, 1.54) is 10.6 Å². The lowest BCUT2D eigenvalue weighted by molar-refractivity contribution is -0.132. The van der Waals surface area contributed by atoms with Crippen molar-refractivity contribution >= 4 is 17.5 Å². The molecule has 1 N–H and O–H groups in total. The van der Waals surface area contributed by atoms with Crippen LogP contribution in [0.25, 0.3) is 5.65 Å². The Bertz CT molecular complexity index is 1230. The van der Waals surface area contributed by atoms with Gasteiger partial charge in [-0.05, 0) is 31.4 Å². The zero-order valence-corrected chi connectivity index (χ0v) is 17.5. The van der Waals surface area contributed by atoms with Gasteiger partial charge >= 0.3 is 0 Å². The van der Waals surface area contributed by atoms with Crippen LogP contribution in [-0.4, -0.2) is 55.8 Å². The lowest BCUT2D eigenvalue weighted by atomic mass is 9.94. The molecule has 0 bridgehead atoms. The average molecular weight is 419 g/mol. The number of H-pyrrole nitrogens is 1. The van der Waals surface area contributed by atoms with Crippen LogP contribution in [0.5, 0.6) is 0 Å². The van der Waals surface area contributed by atoms with Crippen LogP contribution in [-0.2, 0) is 11.3 Å². The Hall–Kier alpha value is -3.42. The second kappa shape index (κ2) is 7.68. The summed E-state index contributed by atoms with van der Waals surface area (Å²) in [5.74, 6) is 0.207. The van der Waals surface area contributed by atoms with Crippen LogP contribution in [0.1, 0.15) is 52.5 Å². The zero-order chi connectivity index (χ0) is 21.5. The van der Waals surface area contributed by atoms with E-state index in [0.717, 1.165) is 36.2 Å². The molecule has 2 aliphatic rings. The average Bonchev–Trinajstić information content (AvgIpc) is 3.34. The Morgan fingerprint density at radius 2 is 2.06 bits per heavy atom. The summed E-state index contributed by atoms with van der Waals surface area (Å²) in [5.41, 5.74) is 3.86. The molecule has 0 spiro atoms. The van der Waals surface area contributed by atoms with Gasteiger partial charge in [0.2, 0.25) is 5.91 Å². The Labute approximate surface area is 179 Å². The van der Waals surface area contributed by atoms with E-state index in [2.05, 4.69) is 10.1 Å². The zero-order valence-electron chi connectivity index (χ0n) is 17.5. The number of hydrogen-bond acceptors (Lipinski definition) is 4. The van der Waals surface area contributed by atoms with Crippen LogP contribution < -0.4 is 5.56 Å². The Kier molecular flexibility index (Phi) is 4.84. The summed E-state index contributed by atoms with van der Waals surface area (Å²) in [5, 5.41) is 3.16. The summed E-state index contributed by atoms with van der Waals surface area (Å²) in [7, 11) is 0. The monoisotopic (exact) mass is 419 g/mol. The Balaban J connectivity index is 1.24. The summed E-state index contributed by atoms with van der Waals surface area (Å²) in [4.78, 5) is 45.7. The van der Waals surface area contributed by atoms with Gasteiger partial charge in [-0.3, -0.25) is 19.5 Å². The van der Waals surface area contributed by atoms with Gasteiger partial charge in [-0.2, -0.15) is 0 Å². The standard InChI is InChI=1S/C23H25N5O3/c1-15-11-22(30)28-20(24-15)12-19(25-28)17-6-4-9-26(14-17)21(29)8-10-27-13-16-5-2-3-7-18(16)23(27)31/h2-3,5,7,11-12,17,25H,4,6,8-10,13-14H2,1H3/t17-/m1/s1. The minimum absolute atomic E-state index is 0.00577. The molecule has 0 saturated carbocycles. The van der Waals surface area contributed by atoms with Crippen molar-refractivity contribution in [2.75, 3.05) is 19.6 Å².